The Bertz CT molecular complexity index is 1680. The van der Waals surface area contributed by atoms with E-state index in [0.717, 1.165) is 16.7 Å². The van der Waals surface area contributed by atoms with Crippen molar-refractivity contribution in [2.75, 3.05) is 13.9 Å². The van der Waals surface area contributed by atoms with Crippen LogP contribution in [0, 0.1) is 0 Å². The minimum Gasteiger partial charge on any atom is -0.488 e. The van der Waals surface area contributed by atoms with Gasteiger partial charge in [0.2, 0.25) is 0 Å². The molecule has 0 saturated carbocycles. The number of methoxy groups -OCH3 is 1. The van der Waals surface area contributed by atoms with Gasteiger partial charge in [0.25, 0.3) is 0 Å². The Hall–Kier alpha value is -4.54. The zero-order valence-corrected chi connectivity index (χ0v) is 26.3. The molecule has 1 fully saturated rings. The quantitative estimate of drug-likeness (QED) is 0.0611. The van der Waals surface area contributed by atoms with Crippen LogP contribution in [-0.2, 0) is 43.5 Å². The number of rotatable bonds is 14. The van der Waals surface area contributed by atoms with Crippen molar-refractivity contribution in [2.45, 2.75) is 63.3 Å². The summed E-state index contributed by atoms with van der Waals surface area (Å²) in [6.07, 6.45) is -3.46. The lowest BCUT2D eigenvalue weighted by atomic mass is 9.76. The third-order valence-corrected chi connectivity index (χ3v) is 8.44. The molecule has 0 N–H and O–H groups in total. The van der Waals surface area contributed by atoms with Gasteiger partial charge in [0.1, 0.15) is 31.4 Å². The van der Waals surface area contributed by atoms with Gasteiger partial charge in [0.15, 0.2) is 5.78 Å². The first-order chi connectivity index (χ1) is 23.1. The van der Waals surface area contributed by atoms with Gasteiger partial charge >= 0.3 is 0 Å². The second kappa shape index (κ2) is 15.4. The third kappa shape index (κ3) is 7.24. The number of carbonyl (C=O) groups excluding carboxylic acids is 1. The number of azide groups is 1. The second-order valence-corrected chi connectivity index (χ2v) is 11.5. The SMILES string of the molecule is COCOC1C(=O)c2c(OCc3ccccc3)ccc([C@H]3O[C@@H](C)[C@@H](OCc4ccccc4)[C@@H](N=[N+]=[N-])[C@@H]3OCc3ccccc3)c21. The van der Waals surface area contributed by atoms with Gasteiger partial charge in [-0.3, -0.25) is 4.79 Å². The first kappa shape index (κ1) is 32.4. The fourth-order valence-electron chi connectivity index (χ4n) is 6.16. The highest BCUT2D eigenvalue weighted by Crippen LogP contribution is 2.49. The van der Waals surface area contributed by atoms with Crippen molar-refractivity contribution in [3.8, 4) is 5.75 Å². The Labute approximate surface area is 273 Å². The molecular formula is C37H37N3O7. The molecule has 0 amide bonds. The first-order valence-electron chi connectivity index (χ1n) is 15.6. The summed E-state index contributed by atoms with van der Waals surface area (Å²) in [4.78, 5) is 16.7. The monoisotopic (exact) mass is 635 g/mol. The predicted octanol–water partition coefficient (Wildman–Crippen LogP) is 7.43. The molecule has 1 heterocycles. The van der Waals surface area contributed by atoms with Crippen molar-refractivity contribution in [3.05, 3.63) is 147 Å². The molecule has 1 unspecified atom stereocenters. The lowest BCUT2D eigenvalue weighted by Gasteiger charge is -2.46. The van der Waals surface area contributed by atoms with Crippen LogP contribution in [0.2, 0.25) is 0 Å². The molecule has 6 rings (SSSR count). The highest BCUT2D eigenvalue weighted by Gasteiger charge is 2.50. The molecule has 47 heavy (non-hydrogen) atoms. The van der Waals surface area contributed by atoms with Crippen LogP contribution in [0.25, 0.3) is 10.4 Å². The Balaban J connectivity index is 1.36. The minimum absolute atomic E-state index is 0.0724. The average Bonchev–Trinajstić information content (AvgIpc) is 3.11. The lowest BCUT2D eigenvalue weighted by Crippen LogP contribution is -2.54. The maximum atomic E-state index is 13.5. The van der Waals surface area contributed by atoms with Crippen LogP contribution >= 0.6 is 0 Å². The van der Waals surface area contributed by atoms with Crippen LogP contribution in [0.5, 0.6) is 5.75 Å². The first-order valence-corrected chi connectivity index (χ1v) is 15.6. The van der Waals surface area contributed by atoms with E-state index in [9.17, 15) is 10.3 Å². The molecule has 4 aromatic carbocycles. The smallest absolute Gasteiger partial charge is 0.200 e. The van der Waals surface area contributed by atoms with E-state index in [0.29, 0.717) is 35.7 Å². The van der Waals surface area contributed by atoms with Crippen LogP contribution < -0.4 is 4.74 Å². The summed E-state index contributed by atoms with van der Waals surface area (Å²) in [5.41, 5.74) is 14.4. The van der Waals surface area contributed by atoms with Gasteiger partial charge in [-0.05, 0) is 40.8 Å². The van der Waals surface area contributed by atoms with E-state index in [1.165, 1.54) is 7.11 Å². The fourth-order valence-corrected chi connectivity index (χ4v) is 6.16. The van der Waals surface area contributed by atoms with Gasteiger partial charge in [-0.2, -0.15) is 0 Å². The number of nitrogens with zero attached hydrogens (tertiary/aromatic N) is 3. The number of ketones is 1. The molecule has 0 bridgehead atoms. The molecule has 0 spiro atoms. The summed E-state index contributed by atoms with van der Waals surface area (Å²) < 4.78 is 36.8. The van der Waals surface area contributed by atoms with Crippen LogP contribution in [0.3, 0.4) is 0 Å². The van der Waals surface area contributed by atoms with Crippen molar-refractivity contribution in [1.29, 1.82) is 0 Å². The molecule has 1 aliphatic carbocycles. The molecule has 10 heteroatoms. The molecule has 242 valence electrons. The van der Waals surface area contributed by atoms with Crippen LogP contribution in [-0.4, -0.2) is 44.0 Å². The van der Waals surface area contributed by atoms with Crippen LogP contribution in [0.15, 0.2) is 108 Å². The summed E-state index contributed by atoms with van der Waals surface area (Å²) in [6.45, 7) is 2.66. The number of hydrogen-bond donors (Lipinski definition) is 0. The van der Waals surface area contributed by atoms with Gasteiger partial charge in [-0.15, -0.1) is 0 Å². The largest absolute Gasteiger partial charge is 0.488 e. The number of hydrogen-bond acceptors (Lipinski definition) is 8. The molecule has 0 aromatic heterocycles. The summed E-state index contributed by atoms with van der Waals surface area (Å²) in [7, 11) is 1.50. The van der Waals surface area contributed by atoms with Gasteiger partial charge in [0, 0.05) is 17.6 Å². The molecule has 2 aliphatic rings. The Kier molecular flexibility index (Phi) is 10.6. The molecule has 4 aromatic rings. The lowest BCUT2D eigenvalue weighted by molar-refractivity contribution is -0.209. The van der Waals surface area contributed by atoms with Crippen molar-refractivity contribution in [1.82, 2.24) is 0 Å². The zero-order valence-electron chi connectivity index (χ0n) is 26.3. The van der Waals surface area contributed by atoms with Gasteiger partial charge in [0.05, 0.1) is 43.1 Å². The summed E-state index contributed by atoms with van der Waals surface area (Å²) in [5.74, 6) is 0.249. The molecular weight excluding hydrogens is 598 g/mol. The van der Waals surface area contributed by atoms with E-state index >= 15 is 0 Å². The molecule has 1 saturated heterocycles. The van der Waals surface area contributed by atoms with E-state index in [1.54, 1.807) is 6.07 Å². The van der Waals surface area contributed by atoms with E-state index < -0.39 is 36.6 Å². The number of benzene rings is 4. The normalized spacial score (nSPS) is 23.3. The minimum atomic E-state index is -0.876. The van der Waals surface area contributed by atoms with E-state index in [1.807, 2.05) is 104 Å². The maximum Gasteiger partial charge on any atom is 0.200 e. The number of fused-ring (bicyclic) bond motifs is 1. The fraction of sp³-hybridized carbons (Fsp3) is 0.324. The van der Waals surface area contributed by atoms with Crippen molar-refractivity contribution in [3.63, 3.8) is 0 Å². The van der Waals surface area contributed by atoms with Crippen molar-refractivity contribution >= 4 is 5.78 Å². The Morgan fingerprint density at radius 2 is 1.34 bits per heavy atom. The Morgan fingerprint density at radius 1 is 0.766 bits per heavy atom. The Morgan fingerprint density at radius 3 is 1.91 bits per heavy atom. The van der Waals surface area contributed by atoms with Crippen LogP contribution in [0.4, 0.5) is 0 Å². The number of Topliss-reactive ketones (excluding diaryl/α,β-unsaturated/α-hetero) is 1. The van der Waals surface area contributed by atoms with Crippen molar-refractivity contribution in [2.24, 2.45) is 5.11 Å². The molecule has 10 nitrogen and oxygen atoms in total. The number of ether oxygens (including phenoxy) is 6. The van der Waals surface area contributed by atoms with Gasteiger partial charge < -0.3 is 28.4 Å². The van der Waals surface area contributed by atoms with E-state index in [2.05, 4.69) is 10.0 Å². The highest BCUT2D eigenvalue weighted by atomic mass is 16.7. The standard InChI is InChI=1S/C37H37N3O7/c1-24-34(44-21-26-14-8-4-9-15-26)32(39-40-38)37(45-22-27-16-10-5-11-17-27)35(47-24)28-18-19-29(43-20-25-12-6-3-7-13-25)31-30(28)36(33(31)41)46-23-42-2/h3-19,24,32,34-37H,20-23H2,1-2H3/t24-,32+,34+,35+,36?,37-/m0/s1. The van der Waals surface area contributed by atoms with E-state index in [-0.39, 0.29) is 19.2 Å². The third-order valence-electron chi connectivity index (χ3n) is 8.44. The zero-order chi connectivity index (χ0) is 32.6. The van der Waals surface area contributed by atoms with Gasteiger partial charge in [-0.25, -0.2) is 0 Å². The van der Waals surface area contributed by atoms with Gasteiger partial charge in [-0.1, -0.05) is 102 Å². The predicted molar refractivity (Wildman–Crippen MR) is 174 cm³/mol. The topological polar surface area (TPSA) is 121 Å². The second-order valence-electron chi connectivity index (χ2n) is 11.5. The highest BCUT2D eigenvalue weighted by molar-refractivity contribution is 6.12. The van der Waals surface area contributed by atoms with Crippen molar-refractivity contribution < 1.29 is 33.2 Å². The molecule has 1 aliphatic heterocycles. The maximum absolute atomic E-state index is 13.5. The van der Waals surface area contributed by atoms with Crippen LogP contribution in [0.1, 0.15) is 57.3 Å². The average molecular weight is 636 g/mol. The number of carbonyl (C=O) groups is 1. The summed E-state index contributed by atoms with van der Waals surface area (Å²) >= 11 is 0. The summed E-state index contributed by atoms with van der Waals surface area (Å²) in [5, 5.41) is 4.24. The summed E-state index contributed by atoms with van der Waals surface area (Å²) in [6, 6.07) is 32.2. The van der Waals surface area contributed by atoms with E-state index in [4.69, 9.17) is 28.4 Å². The molecule has 0 radical (unpaired) electrons. The molecule has 6 atom stereocenters.